The van der Waals surface area contributed by atoms with Crippen LogP contribution >= 0.6 is 0 Å². The third-order valence-corrected chi connectivity index (χ3v) is 4.01. The average molecular weight is 104 g/mol. The molecular formula is C8H8. The Hall–Kier alpha value is -0.260. The summed E-state index contributed by atoms with van der Waals surface area (Å²) in [6.07, 6.45) is 0. The van der Waals surface area contributed by atoms with Gasteiger partial charge in [0.05, 0.1) is 0 Å². The number of allylic oxidation sites excluding steroid dienone is 1. The summed E-state index contributed by atoms with van der Waals surface area (Å²) >= 11 is 0. The zero-order valence-corrected chi connectivity index (χ0v) is 4.67. The zero-order chi connectivity index (χ0) is 5.04. The van der Waals surface area contributed by atoms with E-state index in [-0.39, 0.29) is 0 Å². The van der Waals surface area contributed by atoms with Crippen molar-refractivity contribution in [2.45, 2.75) is 0 Å². The van der Waals surface area contributed by atoms with Gasteiger partial charge < -0.3 is 0 Å². The van der Waals surface area contributed by atoms with Gasteiger partial charge in [0.15, 0.2) is 0 Å². The maximum atomic E-state index is 4.12. The van der Waals surface area contributed by atoms with Gasteiger partial charge in [0.1, 0.15) is 0 Å². The Balaban J connectivity index is 2.17. The molecule has 0 aliphatic heterocycles. The second kappa shape index (κ2) is 0.516. The molecule has 0 spiro atoms. The molecule has 0 aromatic heterocycles. The van der Waals surface area contributed by atoms with Crippen molar-refractivity contribution in [3.8, 4) is 0 Å². The molecule has 5 rings (SSSR count). The summed E-state index contributed by atoms with van der Waals surface area (Å²) in [4.78, 5) is 0. The zero-order valence-electron chi connectivity index (χ0n) is 4.67. The Labute approximate surface area is 48.6 Å². The van der Waals surface area contributed by atoms with Gasteiger partial charge in [-0.2, -0.15) is 0 Å². The van der Waals surface area contributed by atoms with Crippen molar-refractivity contribution in [1.29, 1.82) is 0 Å². The second-order valence-corrected chi connectivity index (χ2v) is 3.94. The first-order valence-electron chi connectivity index (χ1n) is 3.60. The van der Waals surface area contributed by atoms with Gasteiger partial charge in [-0.05, 0) is 35.5 Å². The van der Waals surface area contributed by atoms with Crippen molar-refractivity contribution < 1.29 is 0 Å². The molecule has 0 radical (unpaired) electrons. The molecule has 0 nitrogen and oxygen atoms in total. The lowest BCUT2D eigenvalue weighted by molar-refractivity contribution is 0.434. The van der Waals surface area contributed by atoms with Crippen molar-refractivity contribution in [2.75, 3.05) is 0 Å². The standard InChI is InChI=1S/C8H8/c1-2-3-5-6(3)8-4(2)7(5)8/h3-8H,1H2. The van der Waals surface area contributed by atoms with Crippen LogP contribution in [0, 0.1) is 35.5 Å². The Morgan fingerprint density at radius 2 is 1.25 bits per heavy atom. The molecular weight excluding hydrogens is 96.1 g/mol. The topological polar surface area (TPSA) is 0 Å². The van der Waals surface area contributed by atoms with Crippen LogP contribution in [0.4, 0.5) is 0 Å². The molecule has 2 bridgehead atoms. The van der Waals surface area contributed by atoms with E-state index in [0.29, 0.717) is 0 Å². The summed E-state index contributed by atoms with van der Waals surface area (Å²) in [5, 5.41) is 0. The van der Waals surface area contributed by atoms with E-state index in [1.807, 2.05) is 0 Å². The van der Waals surface area contributed by atoms with Gasteiger partial charge in [-0.25, -0.2) is 0 Å². The summed E-state index contributed by atoms with van der Waals surface area (Å²) in [6.45, 7) is 4.12. The van der Waals surface area contributed by atoms with Crippen LogP contribution in [0.1, 0.15) is 0 Å². The maximum absolute atomic E-state index is 4.12. The van der Waals surface area contributed by atoms with Gasteiger partial charge in [0, 0.05) is 0 Å². The normalized spacial score (nSPS) is 85.8. The quantitative estimate of drug-likeness (QED) is 0.406. The molecule has 0 saturated heterocycles. The highest BCUT2D eigenvalue weighted by Gasteiger charge is 2.89. The number of hydrogen-bond donors (Lipinski definition) is 0. The van der Waals surface area contributed by atoms with Gasteiger partial charge in [-0.3, -0.25) is 0 Å². The summed E-state index contributed by atoms with van der Waals surface area (Å²) in [6, 6.07) is 0. The largest absolute Gasteiger partial charge is 0.0993 e. The van der Waals surface area contributed by atoms with Crippen LogP contribution in [-0.2, 0) is 0 Å². The van der Waals surface area contributed by atoms with E-state index in [4.69, 9.17) is 0 Å². The summed E-state index contributed by atoms with van der Waals surface area (Å²) in [7, 11) is 0. The van der Waals surface area contributed by atoms with Crippen LogP contribution in [0.25, 0.3) is 0 Å². The lowest BCUT2D eigenvalue weighted by Gasteiger charge is -2.03. The lowest BCUT2D eigenvalue weighted by Crippen LogP contribution is -2.00. The molecule has 0 atom stereocenters. The van der Waals surface area contributed by atoms with Crippen LogP contribution in [0.5, 0.6) is 0 Å². The fourth-order valence-corrected chi connectivity index (χ4v) is 3.77. The molecule has 0 aromatic rings. The van der Waals surface area contributed by atoms with Gasteiger partial charge >= 0.3 is 0 Å². The Bertz CT molecular complexity index is 170. The maximum Gasteiger partial charge on any atom is -0.0134 e. The molecule has 0 amide bonds. The molecule has 5 aliphatic carbocycles. The first kappa shape index (κ1) is 3.05. The van der Waals surface area contributed by atoms with Gasteiger partial charge in [0.2, 0.25) is 0 Å². The van der Waals surface area contributed by atoms with Crippen molar-refractivity contribution in [3.05, 3.63) is 12.2 Å². The predicted molar refractivity (Wildman–Crippen MR) is 30.1 cm³/mol. The second-order valence-electron chi connectivity index (χ2n) is 3.94. The highest BCUT2D eigenvalue weighted by Crippen LogP contribution is 2.93. The molecule has 0 aromatic carbocycles. The molecule has 0 N–H and O–H groups in total. The van der Waals surface area contributed by atoms with E-state index in [2.05, 4.69) is 6.58 Å². The molecule has 5 saturated carbocycles. The van der Waals surface area contributed by atoms with Crippen molar-refractivity contribution >= 4 is 0 Å². The van der Waals surface area contributed by atoms with Crippen molar-refractivity contribution in [3.63, 3.8) is 0 Å². The third-order valence-electron chi connectivity index (χ3n) is 4.01. The van der Waals surface area contributed by atoms with Crippen LogP contribution in [0.2, 0.25) is 0 Å². The van der Waals surface area contributed by atoms with E-state index in [1.165, 1.54) is 23.7 Å². The van der Waals surface area contributed by atoms with Crippen LogP contribution in [0.3, 0.4) is 0 Å². The van der Waals surface area contributed by atoms with Crippen molar-refractivity contribution in [1.82, 2.24) is 0 Å². The van der Waals surface area contributed by atoms with Gasteiger partial charge in [0.25, 0.3) is 0 Å². The van der Waals surface area contributed by atoms with Crippen LogP contribution < -0.4 is 0 Å². The fourth-order valence-electron chi connectivity index (χ4n) is 3.77. The average Bonchev–Trinajstić information content (AvgIpc) is 2.34. The highest BCUT2D eigenvalue weighted by molar-refractivity contribution is 5.49. The van der Waals surface area contributed by atoms with Crippen LogP contribution in [-0.4, -0.2) is 0 Å². The SMILES string of the molecule is C=C1C2C3C2C2C1C32. The molecule has 0 unspecified atom stereocenters. The smallest absolute Gasteiger partial charge is 0.0134 e. The first-order chi connectivity index (χ1) is 3.91. The Morgan fingerprint density at radius 1 is 0.875 bits per heavy atom. The lowest BCUT2D eigenvalue weighted by atomic mass is 10.0. The summed E-state index contributed by atoms with van der Waals surface area (Å²) in [5.74, 6) is 6.90. The summed E-state index contributed by atoms with van der Waals surface area (Å²) in [5.41, 5.74) is 1.65. The number of hydrogen-bond acceptors (Lipinski definition) is 0. The summed E-state index contributed by atoms with van der Waals surface area (Å²) < 4.78 is 0. The molecule has 5 aliphatic rings. The fraction of sp³-hybridized carbons (Fsp3) is 0.750. The molecule has 8 heavy (non-hydrogen) atoms. The van der Waals surface area contributed by atoms with E-state index in [1.54, 1.807) is 5.57 Å². The van der Waals surface area contributed by atoms with E-state index >= 15 is 0 Å². The van der Waals surface area contributed by atoms with E-state index in [9.17, 15) is 0 Å². The van der Waals surface area contributed by atoms with Gasteiger partial charge in [-0.1, -0.05) is 12.2 Å². The minimum atomic E-state index is 1.06. The number of rotatable bonds is 0. The first-order valence-corrected chi connectivity index (χ1v) is 3.60. The van der Waals surface area contributed by atoms with Gasteiger partial charge in [-0.15, -0.1) is 0 Å². The molecule has 5 fully saturated rings. The third kappa shape index (κ3) is 0.101. The highest BCUT2D eigenvalue weighted by atomic mass is 14.9. The van der Waals surface area contributed by atoms with Crippen LogP contribution in [0.15, 0.2) is 12.2 Å². The van der Waals surface area contributed by atoms with Crippen molar-refractivity contribution in [2.24, 2.45) is 35.5 Å². The molecule has 0 heteroatoms. The van der Waals surface area contributed by atoms with E-state index < -0.39 is 0 Å². The minimum absolute atomic E-state index is 1.06. The molecule has 40 valence electrons. The van der Waals surface area contributed by atoms with E-state index in [0.717, 1.165) is 11.8 Å². The minimum Gasteiger partial charge on any atom is -0.0993 e. The predicted octanol–water partition coefficient (Wildman–Crippen LogP) is 1.29. The monoisotopic (exact) mass is 104 g/mol. The Morgan fingerprint density at radius 3 is 1.38 bits per heavy atom. The Kier molecular flexibility index (Phi) is 0.197. The molecule has 0 heterocycles.